The molecule has 0 saturated carbocycles. The highest BCUT2D eigenvalue weighted by atomic mass is 32.1. The lowest BCUT2D eigenvalue weighted by atomic mass is 9.99. The van der Waals surface area contributed by atoms with Gasteiger partial charge in [0.05, 0.1) is 23.6 Å². The van der Waals surface area contributed by atoms with Crippen molar-refractivity contribution in [2.75, 3.05) is 21.3 Å². The molecule has 3 aromatic rings. The van der Waals surface area contributed by atoms with E-state index in [4.69, 9.17) is 23.8 Å². The monoisotopic (exact) mass is 536 g/mol. The van der Waals surface area contributed by atoms with E-state index in [1.165, 1.54) is 23.5 Å². The molecule has 11 heteroatoms. The van der Waals surface area contributed by atoms with Crippen LogP contribution in [0.25, 0.3) is 21.8 Å². The molecule has 5 atom stereocenters. The van der Waals surface area contributed by atoms with Gasteiger partial charge in [-0.2, -0.15) is 13.2 Å². The summed E-state index contributed by atoms with van der Waals surface area (Å²) in [6.45, 7) is 1.87. The molecule has 7 nitrogen and oxygen atoms in total. The highest BCUT2D eigenvalue weighted by Crippen LogP contribution is 2.33. The number of nitrogens with zero attached hydrogens (tertiary/aromatic N) is 2. The number of alkyl halides is 3. The number of aromatic nitrogens is 1. The number of benzene rings is 2. The van der Waals surface area contributed by atoms with Crippen LogP contribution >= 0.6 is 11.3 Å². The summed E-state index contributed by atoms with van der Waals surface area (Å²) in [5, 5.41) is 6.58. The Morgan fingerprint density at radius 3 is 2.11 bits per heavy atom. The molecule has 0 aliphatic carbocycles. The van der Waals surface area contributed by atoms with E-state index in [-0.39, 0.29) is 18.3 Å². The SMILES string of the molecule is CO[C@@H]1[C@@H](OC)[C@H](C)O[C@@H](O/N=C/c2ccc(-c3csc(-c4ccc(C(F)(F)F)cc4)n3)cc2)[C@@H]1OC. The van der Waals surface area contributed by atoms with Crippen molar-refractivity contribution in [2.45, 2.75) is 43.8 Å². The van der Waals surface area contributed by atoms with E-state index >= 15 is 0 Å². The van der Waals surface area contributed by atoms with Gasteiger partial charge in [-0.25, -0.2) is 4.98 Å². The fourth-order valence-corrected chi connectivity index (χ4v) is 4.97. The number of hydrogen-bond donors (Lipinski definition) is 0. The van der Waals surface area contributed by atoms with Gasteiger partial charge in [-0.05, 0) is 24.6 Å². The molecule has 2 heterocycles. The van der Waals surface area contributed by atoms with Crippen LogP contribution in [0.3, 0.4) is 0 Å². The Bertz CT molecular complexity index is 1180. The number of ether oxygens (including phenoxy) is 4. The summed E-state index contributed by atoms with van der Waals surface area (Å²) in [4.78, 5) is 10.2. The van der Waals surface area contributed by atoms with Gasteiger partial charge in [0, 0.05) is 37.8 Å². The number of methoxy groups -OCH3 is 3. The van der Waals surface area contributed by atoms with Crippen LogP contribution in [0.2, 0.25) is 0 Å². The minimum absolute atomic E-state index is 0.286. The Morgan fingerprint density at radius 2 is 1.51 bits per heavy atom. The fraction of sp³-hybridized carbons (Fsp3) is 0.385. The Balaban J connectivity index is 1.40. The Kier molecular flexibility index (Phi) is 8.60. The van der Waals surface area contributed by atoms with Crippen molar-refractivity contribution >= 4 is 17.6 Å². The summed E-state index contributed by atoms with van der Waals surface area (Å²) >= 11 is 1.37. The van der Waals surface area contributed by atoms with E-state index in [0.29, 0.717) is 10.6 Å². The Hall–Kier alpha value is -2.83. The van der Waals surface area contributed by atoms with Crippen molar-refractivity contribution in [3.63, 3.8) is 0 Å². The minimum atomic E-state index is -4.37. The van der Waals surface area contributed by atoms with E-state index < -0.39 is 24.1 Å². The van der Waals surface area contributed by atoms with Crippen molar-refractivity contribution in [3.8, 4) is 21.8 Å². The molecule has 4 rings (SSSR count). The smallest absolute Gasteiger partial charge is 0.376 e. The molecule has 0 N–H and O–H groups in total. The molecule has 0 radical (unpaired) electrons. The van der Waals surface area contributed by atoms with Crippen LogP contribution in [0.5, 0.6) is 0 Å². The summed E-state index contributed by atoms with van der Waals surface area (Å²) in [7, 11) is 4.72. The third-order valence-electron chi connectivity index (χ3n) is 6.08. The van der Waals surface area contributed by atoms with Gasteiger partial charge in [-0.1, -0.05) is 41.6 Å². The lowest BCUT2D eigenvalue weighted by molar-refractivity contribution is -0.305. The van der Waals surface area contributed by atoms with Crippen molar-refractivity contribution in [3.05, 3.63) is 65.0 Å². The first-order chi connectivity index (χ1) is 17.7. The Labute approximate surface area is 216 Å². The molecule has 1 aliphatic heterocycles. The number of thiazole rings is 1. The molecule has 0 bridgehead atoms. The average molecular weight is 537 g/mol. The van der Waals surface area contributed by atoms with E-state index in [1.807, 2.05) is 36.6 Å². The molecule has 1 aromatic heterocycles. The first kappa shape index (κ1) is 27.2. The van der Waals surface area contributed by atoms with Gasteiger partial charge in [-0.15, -0.1) is 11.3 Å². The first-order valence-electron chi connectivity index (χ1n) is 11.4. The predicted octanol–water partition coefficient (Wildman–Crippen LogP) is 5.64. The molecule has 0 amide bonds. The maximum Gasteiger partial charge on any atom is 0.416 e. The predicted molar refractivity (Wildman–Crippen MR) is 133 cm³/mol. The van der Waals surface area contributed by atoms with Gasteiger partial charge in [-0.3, -0.25) is 0 Å². The van der Waals surface area contributed by atoms with Gasteiger partial charge in [0.25, 0.3) is 6.29 Å². The standard InChI is InChI=1S/C26H27F3N2O5S/c1-15-21(32-2)22(33-3)23(34-4)25(35-15)36-30-13-16-5-7-17(8-6-16)20-14-37-24(31-20)18-9-11-19(12-10-18)26(27,28)29/h5-15,21-23,25H,1-4H3/b30-13+/t15-,21-,22+,23+,25-/m0/s1. The molecule has 37 heavy (non-hydrogen) atoms. The molecule has 2 aromatic carbocycles. The topological polar surface area (TPSA) is 71.4 Å². The van der Waals surface area contributed by atoms with Crippen LogP contribution in [-0.2, 0) is 30.0 Å². The van der Waals surface area contributed by atoms with E-state index in [9.17, 15) is 13.2 Å². The quantitative estimate of drug-likeness (QED) is 0.274. The van der Waals surface area contributed by atoms with Crippen molar-refractivity contribution in [1.82, 2.24) is 4.98 Å². The van der Waals surface area contributed by atoms with Crippen LogP contribution in [-0.4, -0.2) is 63.2 Å². The minimum Gasteiger partial charge on any atom is -0.376 e. The number of hydrogen-bond acceptors (Lipinski definition) is 8. The lowest BCUT2D eigenvalue weighted by Crippen LogP contribution is -2.59. The van der Waals surface area contributed by atoms with Crippen LogP contribution < -0.4 is 0 Å². The van der Waals surface area contributed by atoms with Crippen molar-refractivity contribution in [1.29, 1.82) is 0 Å². The third-order valence-corrected chi connectivity index (χ3v) is 6.97. The average Bonchev–Trinajstić information content (AvgIpc) is 3.38. The first-order valence-corrected chi connectivity index (χ1v) is 12.3. The maximum atomic E-state index is 12.8. The molecular weight excluding hydrogens is 509 g/mol. The highest BCUT2D eigenvalue weighted by molar-refractivity contribution is 7.13. The van der Waals surface area contributed by atoms with Gasteiger partial charge < -0.3 is 23.8 Å². The van der Waals surface area contributed by atoms with Gasteiger partial charge in [0.2, 0.25) is 0 Å². The van der Waals surface area contributed by atoms with E-state index in [1.54, 1.807) is 27.5 Å². The molecule has 1 fully saturated rings. The normalized spacial score (nSPS) is 24.5. The van der Waals surface area contributed by atoms with Crippen LogP contribution in [0, 0.1) is 0 Å². The van der Waals surface area contributed by atoms with Gasteiger partial charge in [0.15, 0.2) is 6.10 Å². The second-order valence-corrected chi connectivity index (χ2v) is 9.24. The maximum absolute atomic E-state index is 12.8. The second-order valence-electron chi connectivity index (χ2n) is 8.39. The third kappa shape index (κ3) is 6.19. The molecule has 1 saturated heterocycles. The Morgan fingerprint density at radius 1 is 0.892 bits per heavy atom. The zero-order chi connectivity index (χ0) is 26.6. The largest absolute Gasteiger partial charge is 0.416 e. The number of rotatable bonds is 8. The van der Waals surface area contributed by atoms with Gasteiger partial charge >= 0.3 is 6.18 Å². The number of oxime groups is 1. The molecular formula is C26H27F3N2O5S. The summed E-state index contributed by atoms with van der Waals surface area (Å²) in [6.07, 6.45) is -5.09. The van der Waals surface area contributed by atoms with Crippen molar-refractivity contribution in [2.24, 2.45) is 5.16 Å². The van der Waals surface area contributed by atoms with Gasteiger partial charge in [0.1, 0.15) is 17.2 Å². The van der Waals surface area contributed by atoms with E-state index in [0.717, 1.165) is 29.0 Å². The van der Waals surface area contributed by atoms with E-state index in [2.05, 4.69) is 10.1 Å². The molecule has 198 valence electrons. The zero-order valence-electron chi connectivity index (χ0n) is 20.6. The van der Waals surface area contributed by atoms with Crippen LogP contribution in [0.15, 0.2) is 59.1 Å². The summed E-state index contributed by atoms with van der Waals surface area (Å²) in [5.41, 5.74) is 2.33. The summed E-state index contributed by atoms with van der Waals surface area (Å²) < 4.78 is 60.9. The zero-order valence-corrected chi connectivity index (χ0v) is 21.5. The lowest BCUT2D eigenvalue weighted by Gasteiger charge is -2.42. The van der Waals surface area contributed by atoms with Crippen LogP contribution in [0.1, 0.15) is 18.1 Å². The number of halogens is 3. The fourth-order valence-electron chi connectivity index (χ4n) is 4.13. The molecule has 0 unspecified atom stereocenters. The molecule has 0 spiro atoms. The van der Waals surface area contributed by atoms with Crippen LogP contribution in [0.4, 0.5) is 13.2 Å². The summed E-state index contributed by atoms with van der Waals surface area (Å²) in [5.74, 6) is 0. The highest BCUT2D eigenvalue weighted by Gasteiger charge is 2.46. The second kappa shape index (κ2) is 11.7. The molecule has 1 aliphatic rings. The van der Waals surface area contributed by atoms with Crippen molar-refractivity contribution < 1.29 is 37.0 Å². The summed E-state index contributed by atoms with van der Waals surface area (Å²) in [6, 6.07) is 12.5.